The third-order valence-electron chi connectivity index (χ3n) is 2.67. The van der Waals surface area contributed by atoms with E-state index in [1.54, 1.807) is 19.9 Å². The Balaban J connectivity index is 2.03. The van der Waals surface area contributed by atoms with Crippen LogP contribution in [0.4, 0.5) is 19.1 Å². The van der Waals surface area contributed by atoms with E-state index in [2.05, 4.69) is 25.2 Å². The fourth-order valence-corrected chi connectivity index (χ4v) is 1.57. The zero-order valence-electron chi connectivity index (χ0n) is 11.4. The molecule has 0 radical (unpaired) electrons. The molecule has 112 valence electrons. The quantitative estimate of drug-likeness (QED) is 0.940. The molecule has 0 aliphatic heterocycles. The molecule has 0 amide bonds. The number of anilines is 1. The Labute approximate surface area is 119 Å². The first-order chi connectivity index (χ1) is 9.83. The second kappa shape index (κ2) is 5.94. The SMILES string of the molecule is Cc1nnc(NCc2cccc(OC(F)(F)F)c2)nc1C. The summed E-state index contributed by atoms with van der Waals surface area (Å²) in [4.78, 5) is 4.17. The lowest BCUT2D eigenvalue weighted by molar-refractivity contribution is -0.274. The Morgan fingerprint density at radius 2 is 1.90 bits per heavy atom. The van der Waals surface area contributed by atoms with Gasteiger partial charge in [-0.05, 0) is 31.5 Å². The van der Waals surface area contributed by atoms with Gasteiger partial charge in [-0.2, -0.15) is 5.10 Å². The number of nitrogens with zero attached hydrogens (tertiary/aromatic N) is 3. The lowest BCUT2D eigenvalue weighted by atomic mass is 10.2. The minimum atomic E-state index is -4.70. The van der Waals surface area contributed by atoms with Crippen molar-refractivity contribution in [1.29, 1.82) is 0 Å². The largest absolute Gasteiger partial charge is 0.573 e. The number of aryl methyl sites for hydroxylation is 2. The monoisotopic (exact) mass is 298 g/mol. The van der Waals surface area contributed by atoms with Crippen LogP contribution in [0.5, 0.6) is 5.75 Å². The summed E-state index contributed by atoms with van der Waals surface area (Å²) in [7, 11) is 0. The van der Waals surface area contributed by atoms with Crippen molar-refractivity contribution in [2.24, 2.45) is 0 Å². The van der Waals surface area contributed by atoms with Crippen molar-refractivity contribution >= 4 is 5.95 Å². The summed E-state index contributed by atoms with van der Waals surface area (Å²) >= 11 is 0. The normalized spacial score (nSPS) is 11.3. The van der Waals surface area contributed by atoms with E-state index in [1.807, 2.05) is 0 Å². The van der Waals surface area contributed by atoms with Gasteiger partial charge < -0.3 is 10.1 Å². The number of nitrogens with one attached hydrogen (secondary N) is 1. The van der Waals surface area contributed by atoms with E-state index in [-0.39, 0.29) is 12.3 Å². The highest BCUT2D eigenvalue weighted by Crippen LogP contribution is 2.23. The van der Waals surface area contributed by atoms with E-state index < -0.39 is 6.36 Å². The number of hydrogen-bond donors (Lipinski definition) is 1. The average Bonchev–Trinajstić information content (AvgIpc) is 2.39. The third-order valence-corrected chi connectivity index (χ3v) is 2.67. The van der Waals surface area contributed by atoms with E-state index in [1.165, 1.54) is 18.2 Å². The number of ether oxygens (including phenoxy) is 1. The molecule has 0 unspecified atom stereocenters. The predicted octanol–water partition coefficient (Wildman–Crippen LogP) is 3.00. The van der Waals surface area contributed by atoms with Crippen molar-refractivity contribution in [1.82, 2.24) is 15.2 Å². The molecule has 0 saturated carbocycles. The number of aromatic nitrogens is 3. The van der Waals surface area contributed by atoms with Gasteiger partial charge in [-0.15, -0.1) is 18.3 Å². The van der Waals surface area contributed by atoms with Crippen molar-refractivity contribution < 1.29 is 17.9 Å². The highest BCUT2D eigenvalue weighted by atomic mass is 19.4. The fourth-order valence-electron chi connectivity index (χ4n) is 1.57. The maximum absolute atomic E-state index is 12.1. The van der Waals surface area contributed by atoms with Crippen LogP contribution < -0.4 is 10.1 Å². The molecule has 0 bridgehead atoms. The van der Waals surface area contributed by atoms with Gasteiger partial charge in [0.1, 0.15) is 5.75 Å². The van der Waals surface area contributed by atoms with Gasteiger partial charge in [-0.3, -0.25) is 0 Å². The van der Waals surface area contributed by atoms with Crippen LogP contribution in [-0.4, -0.2) is 21.5 Å². The average molecular weight is 298 g/mol. The number of alkyl halides is 3. The van der Waals surface area contributed by atoms with Gasteiger partial charge in [-0.25, -0.2) is 4.98 Å². The van der Waals surface area contributed by atoms with E-state index >= 15 is 0 Å². The molecule has 1 aromatic heterocycles. The Hall–Kier alpha value is -2.38. The van der Waals surface area contributed by atoms with Gasteiger partial charge in [-0.1, -0.05) is 12.1 Å². The topological polar surface area (TPSA) is 59.9 Å². The molecule has 0 fully saturated rings. The first kappa shape index (κ1) is 15.0. The van der Waals surface area contributed by atoms with Crippen LogP contribution in [0.25, 0.3) is 0 Å². The Morgan fingerprint density at radius 3 is 2.57 bits per heavy atom. The minimum Gasteiger partial charge on any atom is -0.406 e. The fraction of sp³-hybridized carbons (Fsp3) is 0.308. The van der Waals surface area contributed by atoms with E-state index in [9.17, 15) is 13.2 Å². The predicted molar refractivity (Wildman–Crippen MR) is 69.8 cm³/mol. The zero-order valence-corrected chi connectivity index (χ0v) is 11.4. The van der Waals surface area contributed by atoms with E-state index in [4.69, 9.17) is 0 Å². The van der Waals surface area contributed by atoms with Crippen LogP contribution in [0.1, 0.15) is 17.0 Å². The lowest BCUT2D eigenvalue weighted by Gasteiger charge is -2.10. The minimum absolute atomic E-state index is 0.263. The molecule has 21 heavy (non-hydrogen) atoms. The van der Waals surface area contributed by atoms with E-state index in [0.29, 0.717) is 11.5 Å². The van der Waals surface area contributed by atoms with Crippen LogP contribution in [0.2, 0.25) is 0 Å². The van der Waals surface area contributed by atoms with Crippen molar-refractivity contribution in [3.05, 3.63) is 41.2 Å². The number of halogens is 3. The maximum atomic E-state index is 12.1. The molecule has 0 atom stereocenters. The zero-order chi connectivity index (χ0) is 15.5. The van der Waals surface area contributed by atoms with Crippen molar-refractivity contribution in [3.8, 4) is 5.75 Å². The van der Waals surface area contributed by atoms with Gasteiger partial charge in [0.25, 0.3) is 0 Å². The Morgan fingerprint density at radius 1 is 1.14 bits per heavy atom. The van der Waals surface area contributed by atoms with Crippen LogP contribution in [-0.2, 0) is 6.54 Å². The molecule has 1 N–H and O–H groups in total. The Bertz CT molecular complexity index is 631. The molecule has 0 spiro atoms. The summed E-state index contributed by atoms with van der Waals surface area (Å²) in [6.45, 7) is 3.85. The lowest BCUT2D eigenvalue weighted by Crippen LogP contribution is -2.17. The van der Waals surface area contributed by atoms with Gasteiger partial charge in [0, 0.05) is 6.54 Å². The molecule has 0 aliphatic rings. The first-order valence-corrected chi connectivity index (χ1v) is 6.10. The van der Waals surface area contributed by atoms with Crippen molar-refractivity contribution in [2.45, 2.75) is 26.8 Å². The van der Waals surface area contributed by atoms with Crippen LogP contribution >= 0.6 is 0 Å². The summed E-state index contributed by atoms with van der Waals surface area (Å²) in [6.07, 6.45) is -4.70. The molecular formula is C13H13F3N4O. The smallest absolute Gasteiger partial charge is 0.406 e. The maximum Gasteiger partial charge on any atom is 0.573 e. The van der Waals surface area contributed by atoms with Gasteiger partial charge in [0.05, 0.1) is 11.4 Å². The molecule has 0 saturated heterocycles. The van der Waals surface area contributed by atoms with Gasteiger partial charge in [0.15, 0.2) is 0 Å². The molecular weight excluding hydrogens is 285 g/mol. The van der Waals surface area contributed by atoms with Gasteiger partial charge in [0.2, 0.25) is 5.95 Å². The second-order valence-corrected chi connectivity index (χ2v) is 4.35. The summed E-state index contributed by atoms with van der Waals surface area (Å²) in [5, 5.41) is 10.7. The summed E-state index contributed by atoms with van der Waals surface area (Å²) < 4.78 is 40.3. The number of rotatable bonds is 4. The summed E-state index contributed by atoms with van der Waals surface area (Å²) in [5.74, 6) is 0.0566. The van der Waals surface area contributed by atoms with Crippen LogP contribution in [0.3, 0.4) is 0 Å². The standard InChI is InChI=1S/C13H13F3N4O/c1-8-9(2)19-20-12(18-8)17-7-10-4-3-5-11(6-10)21-13(14,15)16/h3-6H,7H2,1-2H3,(H,17,18,20). The second-order valence-electron chi connectivity index (χ2n) is 4.35. The molecule has 1 heterocycles. The summed E-state index contributed by atoms with van der Waals surface area (Å²) in [5.41, 5.74) is 2.07. The molecule has 0 aliphatic carbocycles. The number of benzene rings is 1. The van der Waals surface area contributed by atoms with Crippen molar-refractivity contribution in [3.63, 3.8) is 0 Å². The third kappa shape index (κ3) is 4.59. The molecule has 2 rings (SSSR count). The molecule has 2 aromatic rings. The van der Waals surface area contributed by atoms with Gasteiger partial charge >= 0.3 is 6.36 Å². The molecule has 5 nitrogen and oxygen atoms in total. The molecule has 1 aromatic carbocycles. The van der Waals surface area contributed by atoms with Crippen LogP contribution in [0, 0.1) is 13.8 Å². The van der Waals surface area contributed by atoms with E-state index in [0.717, 1.165) is 11.4 Å². The highest BCUT2D eigenvalue weighted by Gasteiger charge is 2.31. The first-order valence-electron chi connectivity index (χ1n) is 6.10. The highest BCUT2D eigenvalue weighted by molar-refractivity contribution is 5.32. The number of hydrogen-bond acceptors (Lipinski definition) is 5. The summed E-state index contributed by atoms with van der Waals surface area (Å²) in [6, 6.07) is 5.70. The Kier molecular flexibility index (Phi) is 4.25. The van der Waals surface area contributed by atoms with Crippen molar-refractivity contribution in [2.75, 3.05) is 5.32 Å². The molecule has 8 heteroatoms. The van der Waals surface area contributed by atoms with Crippen LogP contribution in [0.15, 0.2) is 24.3 Å².